The smallest absolute Gasteiger partial charge is 0.306 e. The monoisotopic (exact) mass is 925 g/mol. The van der Waals surface area contributed by atoms with Crippen LogP contribution >= 0.6 is 0 Å². The Morgan fingerprint density at radius 1 is 0.328 bits per heavy atom. The lowest BCUT2D eigenvalue weighted by atomic mass is 10.1. The summed E-state index contributed by atoms with van der Waals surface area (Å²) in [4.78, 5) is 38.0. The molecule has 0 bridgehead atoms. The molecule has 0 amide bonds. The number of esters is 3. The van der Waals surface area contributed by atoms with E-state index in [1.165, 1.54) is 103 Å². The number of unbranched alkanes of at least 4 members (excludes halogenated alkanes) is 18. The van der Waals surface area contributed by atoms with Crippen LogP contribution in [0.2, 0.25) is 0 Å². The Labute approximate surface area is 411 Å². The third kappa shape index (κ3) is 52.4. The molecule has 0 radical (unpaired) electrons. The molecule has 0 aromatic rings. The van der Waals surface area contributed by atoms with E-state index in [1.807, 2.05) is 54.7 Å². The van der Waals surface area contributed by atoms with Crippen molar-refractivity contribution in [2.75, 3.05) is 13.2 Å². The van der Waals surface area contributed by atoms with Crippen molar-refractivity contribution in [3.8, 4) is 0 Å². The van der Waals surface area contributed by atoms with Crippen LogP contribution in [0.1, 0.15) is 213 Å². The molecule has 0 spiro atoms. The lowest BCUT2D eigenvalue weighted by molar-refractivity contribution is -0.167. The highest BCUT2D eigenvalue weighted by atomic mass is 16.6. The van der Waals surface area contributed by atoms with Crippen LogP contribution in [0.4, 0.5) is 0 Å². The summed E-state index contributed by atoms with van der Waals surface area (Å²) in [6.07, 6.45) is 75.9. The van der Waals surface area contributed by atoms with Gasteiger partial charge in [-0.1, -0.05) is 231 Å². The number of carbonyl (C=O) groups excluding carboxylic acids is 3. The first-order valence-corrected chi connectivity index (χ1v) is 26.8. The quantitative estimate of drug-likeness (QED) is 0.0199. The second-order valence-electron chi connectivity index (χ2n) is 17.2. The molecule has 1 unspecified atom stereocenters. The zero-order valence-electron chi connectivity index (χ0n) is 42.9. The summed E-state index contributed by atoms with van der Waals surface area (Å²) in [6, 6.07) is 0. The lowest BCUT2D eigenvalue weighted by Crippen LogP contribution is -2.30. The molecule has 1 atom stereocenters. The van der Waals surface area contributed by atoms with Gasteiger partial charge in [-0.05, 0) is 96.3 Å². The number of ether oxygens (including phenoxy) is 3. The van der Waals surface area contributed by atoms with Gasteiger partial charge in [-0.3, -0.25) is 14.4 Å². The summed E-state index contributed by atoms with van der Waals surface area (Å²) in [5, 5.41) is 0. The van der Waals surface area contributed by atoms with Crippen LogP contribution in [-0.4, -0.2) is 37.2 Å². The van der Waals surface area contributed by atoms with E-state index in [0.717, 1.165) is 57.8 Å². The third-order valence-corrected chi connectivity index (χ3v) is 10.8. The minimum atomic E-state index is -0.841. The van der Waals surface area contributed by atoms with Crippen molar-refractivity contribution < 1.29 is 28.6 Å². The van der Waals surface area contributed by atoms with Gasteiger partial charge in [0.25, 0.3) is 0 Å². The van der Waals surface area contributed by atoms with Crippen molar-refractivity contribution in [3.05, 3.63) is 134 Å². The fourth-order valence-corrected chi connectivity index (χ4v) is 6.75. The van der Waals surface area contributed by atoms with Crippen molar-refractivity contribution in [2.45, 2.75) is 219 Å². The van der Waals surface area contributed by atoms with Crippen molar-refractivity contribution >= 4 is 17.9 Å². The molecule has 0 aliphatic carbocycles. The summed E-state index contributed by atoms with van der Waals surface area (Å²) in [5.41, 5.74) is 0. The summed E-state index contributed by atoms with van der Waals surface area (Å²) >= 11 is 0. The van der Waals surface area contributed by atoms with Crippen LogP contribution in [0, 0.1) is 0 Å². The van der Waals surface area contributed by atoms with E-state index < -0.39 is 6.10 Å². The Hall–Kier alpha value is -4.45. The predicted molar refractivity (Wildman–Crippen MR) is 288 cm³/mol. The Morgan fingerprint density at radius 2 is 0.657 bits per heavy atom. The molecule has 0 heterocycles. The highest BCUT2D eigenvalue weighted by Gasteiger charge is 2.19. The van der Waals surface area contributed by atoms with Crippen LogP contribution < -0.4 is 0 Å². The number of rotatable bonds is 46. The second-order valence-corrected chi connectivity index (χ2v) is 17.2. The Bertz CT molecular complexity index is 1480. The number of hydrogen-bond acceptors (Lipinski definition) is 6. The normalized spacial score (nSPS) is 13.2. The van der Waals surface area contributed by atoms with E-state index in [2.05, 4.69) is 99.8 Å². The third-order valence-electron chi connectivity index (χ3n) is 10.8. The largest absolute Gasteiger partial charge is 0.462 e. The molecule has 0 saturated carbocycles. The van der Waals surface area contributed by atoms with Gasteiger partial charge in [0.15, 0.2) is 6.10 Å². The highest BCUT2D eigenvalue weighted by Crippen LogP contribution is 2.13. The molecule has 376 valence electrons. The van der Waals surface area contributed by atoms with Gasteiger partial charge < -0.3 is 14.2 Å². The molecule has 6 nitrogen and oxygen atoms in total. The van der Waals surface area contributed by atoms with E-state index >= 15 is 0 Å². The van der Waals surface area contributed by atoms with Gasteiger partial charge in [0, 0.05) is 19.3 Å². The van der Waals surface area contributed by atoms with E-state index in [4.69, 9.17) is 14.2 Å². The number of hydrogen-bond donors (Lipinski definition) is 0. The van der Waals surface area contributed by atoms with Crippen LogP contribution in [-0.2, 0) is 28.6 Å². The highest BCUT2D eigenvalue weighted by molar-refractivity contribution is 5.71. The SMILES string of the molecule is CC/C=C/C=C/C=C/C=C/C=C/CCCC(=O)OCC(COC(=O)CCCCCCCCCCCC/C=C/C=C/CCCCC)OC(=O)CCC/C=C/C/C=C/C/C=C/C/C=C/CCCCC. The van der Waals surface area contributed by atoms with Gasteiger partial charge in [0.1, 0.15) is 13.2 Å². The number of allylic oxidation sites excluding steroid dienone is 22. The summed E-state index contributed by atoms with van der Waals surface area (Å²) < 4.78 is 16.7. The van der Waals surface area contributed by atoms with Gasteiger partial charge >= 0.3 is 17.9 Å². The van der Waals surface area contributed by atoms with Gasteiger partial charge in [0.2, 0.25) is 0 Å². The Morgan fingerprint density at radius 3 is 1.13 bits per heavy atom. The Balaban J connectivity index is 4.56. The molecule has 0 aliphatic heterocycles. The van der Waals surface area contributed by atoms with Crippen molar-refractivity contribution in [3.63, 3.8) is 0 Å². The van der Waals surface area contributed by atoms with Crippen molar-refractivity contribution in [2.24, 2.45) is 0 Å². The van der Waals surface area contributed by atoms with Gasteiger partial charge in [-0.15, -0.1) is 0 Å². The van der Waals surface area contributed by atoms with Crippen molar-refractivity contribution in [1.29, 1.82) is 0 Å². The molecular formula is C61H96O6. The van der Waals surface area contributed by atoms with Crippen LogP contribution in [0.3, 0.4) is 0 Å². The second kappa shape index (κ2) is 54.2. The molecule has 67 heavy (non-hydrogen) atoms. The molecule has 0 saturated heterocycles. The maximum Gasteiger partial charge on any atom is 0.306 e. The first-order chi connectivity index (χ1) is 33.0. The molecule has 0 aromatic carbocycles. The zero-order chi connectivity index (χ0) is 48.6. The minimum absolute atomic E-state index is 0.129. The van der Waals surface area contributed by atoms with Crippen LogP contribution in [0.15, 0.2) is 134 Å². The molecule has 0 N–H and O–H groups in total. The maximum absolute atomic E-state index is 12.8. The number of carbonyl (C=O) groups is 3. The molecule has 0 fully saturated rings. The van der Waals surface area contributed by atoms with Gasteiger partial charge in [-0.25, -0.2) is 0 Å². The average Bonchev–Trinajstić information content (AvgIpc) is 3.33. The molecule has 0 aromatic heterocycles. The summed E-state index contributed by atoms with van der Waals surface area (Å²) in [7, 11) is 0. The van der Waals surface area contributed by atoms with Crippen molar-refractivity contribution in [1.82, 2.24) is 0 Å². The van der Waals surface area contributed by atoms with E-state index in [9.17, 15) is 14.4 Å². The molecule has 6 heteroatoms. The first-order valence-electron chi connectivity index (χ1n) is 26.8. The van der Waals surface area contributed by atoms with E-state index in [1.54, 1.807) is 0 Å². The molecular weight excluding hydrogens is 829 g/mol. The fraction of sp³-hybridized carbons (Fsp3) is 0.590. The average molecular weight is 925 g/mol. The van der Waals surface area contributed by atoms with Crippen LogP contribution in [0.25, 0.3) is 0 Å². The summed E-state index contributed by atoms with van der Waals surface area (Å²) in [6.45, 7) is 6.31. The molecule has 0 rings (SSSR count). The van der Waals surface area contributed by atoms with Crippen LogP contribution in [0.5, 0.6) is 0 Å². The predicted octanol–water partition coefficient (Wildman–Crippen LogP) is 17.9. The zero-order valence-corrected chi connectivity index (χ0v) is 42.9. The fourth-order valence-electron chi connectivity index (χ4n) is 6.75. The topological polar surface area (TPSA) is 78.9 Å². The molecule has 0 aliphatic rings. The van der Waals surface area contributed by atoms with E-state index in [0.29, 0.717) is 19.3 Å². The summed E-state index contributed by atoms with van der Waals surface area (Å²) in [5.74, 6) is -1.07. The first kappa shape index (κ1) is 62.5. The maximum atomic E-state index is 12.8. The Kier molecular flexibility index (Phi) is 50.6. The minimum Gasteiger partial charge on any atom is -0.462 e. The standard InChI is InChI=1S/C61H96O6/c1-4-7-10-13-16-19-22-25-27-29-30-32-33-36-39-42-45-48-51-54-60(63)66-57-58(56-65-59(62)53-50-47-44-41-38-35-24-21-18-15-12-9-6-3)67-61(64)55-52-49-46-43-40-37-34-31-28-26-23-20-17-14-11-8-5-2/h9,12,15-22,24-26,28,34-35,37-38,41,43-44,46,58H,4-8,10-11,13-14,23,27,29-33,36,39-40,42,45,47-57H2,1-3H3/b12-9+,18-15+,19-16+,20-17+,24-21+,25-22+,28-26+,37-34+,38-35+,44-41+,46-43+. The lowest BCUT2D eigenvalue weighted by Gasteiger charge is -2.18. The van der Waals surface area contributed by atoms with Gasteiger partial charge in [-0.2, -0.15) is 0 Å². The van der Waals surface area contributed by atoms with E-state index in [-0.39, 0.29) is 44.0 Å². The van der Waals surface area contributed by atoms with Gasteiger partial charge in [0.05, 0.1) is 0 Å².